The number of H-pyrrole nitrogens is 1. The summed E-state index contributed by atoms with van der Waals surface area (Å²) in [6.45, 7) is 0.700. The minimum atomic E-state index is 0.659. The van der Waals surface area contributed by atoms with Gasteiger partial charge in [0.1, 0.15) is 0 Å². The van der Waals surface area contributed by atoms with E-state index in [-0.39, 0.29) is 0 Å². The van der Waals surface area contributed by atoms with Crippen LogP contribution in [0.4, 0.5) is 5.69 Å². The molecule has 0 aliphatic rings. The number of aromatic nitrogens is 2. The number of aromatic amines is 1. The van der Waals surface area contributed by atoms with Crippen LogP contribution in [0.5, 0.6) is 0 Å². The van der Waals surface area contributed by atoms with Gasteiger partial charge < -0.3 is 5.32 Å². The number of nitrogens with one attached hydrogen (secondary N) is 2. The van der Waals surface area contributed by atoms with E-state index in [0.717, 1.165) is 11.3 Å². The second-order valence-electron chi connectivity index (χ2n) is 3.15. The molecule has 1 aromatic heterocycles. The van der Waals surface area contributed by atoms with Crippen LogP contribution in [0, 0.1) is 11.3 Å². The SMILES string of the molecule is N#Cc1cccc(NCc2cn[nH]c2)c1. The summed E-state index contributed by atoms with van der Waals surface area (Å²) in [6, 6.07) is 9.49. The molecule has 0 saturated heterocycles. The molecule has 2 aromatic rings. The van der Waals surface area contributed by atoms with Crippen LogP contribution in [0.3, 0.4) is 0 Å². The zero-order valence-corrected chi connectivity index (χ0v) is 8.07. The highest BCUT2D eigenvalue weighted by Gasteiger charge is 1.96. The fourth-order valence-corrected chi connectivity index (χ4v) is 1.28. The third-order valence-corrected chi connectivity index (χ3v) is 2.04. The number of benzene rings is 1. The highest BCUT2D eigenvalue weighted by molar-refractivity contribution is 5.49. The molecule has 1 aromatic carbocycles. The van der Waals surface area contributed by atoms with Crippen molar-refractivity contribution in [1.82, 2.24) is 10.2 Å². The quantitative estimate of drug-likeness (QED) is 0.791. The maximum absolute atomic E-state index is 8.72. The van der Waals surface area contributed by atoms with Gasteiger partial charge in [0.05, 0.1) is 17.8 Å². The van der Waals surface area contributed by atoms with Crippen LogP contribution in [0.2, 0.25) is 0 Å². The van der Waals surface area contributed by atoms with Gasteiger partial charge in [-0.1, -0.05) is 6.07 Å². The molecule has 0 aliphatic heterocycles. The molecule has 74 valence electrons. The summed E-state index contributed by atoms with van der Waals surface area (Å²) < 4.78 is 0. The highest BCUT2D eigenvalue weighted by Crippen LogP contribution is 2.10. The minimum absolute atomic E-state index is 0.659. The summed E-state index contributed by atoms with van der Waals surface area (Å²) in [7, 11) is 0. The molecule has 0 fully saturated rings. The lowest BCUT2D eigenvalue weighted by Crippen LogP contribution is -1.98. The van der Waals surface area contributed by atoms with Gasteiger partial charge in [-0.25, -0.2) is 0 Å². The lowest BCUT2D eigenvalue weighted by molar-refractivity contribution is 1.09. The number of hydrogen-bond donors (Lipinski definition) is 2. The van der Waals surface area contributed by atoms with Crippen LogP contribution < -0.4 is 5.32 Å². The Kier molecular flexibility index (Phi) is 2.65. The average Bonchev–Trinajstić information content (AvgIpc) is 2.79. The van der Waals surface area contributed by atoms with E-state index in [0.29, 0.717) is 12.1 Å². The molecule has 4 heteroatoms. The van der Waals surface area contributed by atoms with Crippen molar-refractivity contribution < 1.29 is 0 Å². The van der Waals surface area contributed by atoms with Crippen molar-refractivity contribution in [3.63, 3.8) is 0 Å². The first-order valence-corrected chi connectivity index (χ1v) is 4.60. The van der Waals surface area contributed by atoms with Crippen LogP contribution in [0.1, 0.15) is 11.1 Å². The van der Waals surface area contributed by atoms with Crippen molar-refractivity contribution in [2.45, 2.75) is 6.54 Å². The zero-order valence-electron chi connectivity index (χ0n) is 8.07. The third-order valence-electron chi connectivity index (χ3n) is 2.04. The fraction of sp³-hybridized carbons (Fsp3) is 0.0909. The molecule has 0 atom stereocenters. The van der Waals surface area contributed by atoms with Gasteiger partial charge in [-0.2, -0.15) is 10.4 Å². The average molecular weight is 198 g/mol. The van der Waals surface area contributed by atoms with Crippen molar-refractivity contribution in [3.8, 4) is 6.07 Å². The first kappa shape index (κ1) is 9.28. The monoisotopic (exact) mass is 198 g/mol. The van der Waals surface area contributed by atoms with Crippen molar-refractivity contribution in [1.29, 1.82) is 5.26 Å². The van der Waals surface area contributed by atoms with Gasteiger partial charge in [-0.05, 0) is 18.2 Å². The molecule has 0 saturated carbocycles. The Bertz CT molecular complexity index is 468. The van der Waals surface area contributed by atoms with Gasteiger partial charge in [-0.15, -0.1) is 0 Å². The molecule has 0 aliphatic carbocycles. The van der Waals surface area contributed by atoms with E-state index in [2.05, 4.69) is 21.6 Å². The summed E-state index contributed by atoms with van der Waals surface area (Å²) in [5, 5.41) is 18.5. The minimum Gasteiger partial charge on any atom is -0.381 e. The van der Waals surface area contributed by atoms with Gasteiger partial charge >= 0.3 is 0 Å². The smallest absolute Gasteiger partial charge is 0.0992 e. The number of rotatable bonds is 3. The van der Waals surface area contributed by atoms with Gasteiger partial charge in [0, 0.05) is 24.0 Å². The molecule has 0 radical (unpaired) electrons. The van der Waals surface area contributed by atoms with E-state index in [1.165, 1.54) is 0 Å². The largest absolute Gasteiger partial charge is 0.381 e. The first-order chi connectivity index (χ1) is 7.38. The maximum Gasteiger partial charge on any atom is 0.0992 e. The lowest BCUT2D eigenvalue weighted by atomic mass is 10.2. The molecule has 2 N–H and O–H groups in total. The molecular weight excluding hydrogens is 188 g/mol. The summed E-state index contributed by atoms with van der Waals surface area (Å²) in [4.78, 5) is 0. The summed E-state index contributed by atoms with van der Waals surface area (Å²) in [5.41, 5.74) is 2.68. The molecule has 0 amide bonds. The Morgan fingerprint density at radius 3 is 3.13 bits per heavy atom. The van der Waals surface area contributed by atoms with Crippen LogP contribution in [0.15, 0.2) is 36.7 Å². The van der Waals surface area contributed by atoms with Gasteiger partial charge in [0.2, 0.25) is 0 Å². The van der Waals surface area contributed by atoms with Crippen molar-refractivity contribution in [2.75, 3.05) is 5.32 Å². The number of nitriles is 1. The topological polar surface area (TPSA) is 64.5 Å². The Labute approximate surface area is 87.6 Å². The van der Waals surface area contributed by atoms with Crippen LogP contribution in [-0.2, 0) is 6.54 Å². The lowest BCUT2D eigenvalue weighted by Gasteiger charge is -2.04. The van der Waals surface area contributed by atoms with E-state index in [1.807, 2.05) is 24.4 Å². The van der Waals surface area contributed by atoms with E-state index in [1.54, 1.807) is 12.3 Å². The first-order valence-electron chi connectivity index (χ1n) is 4.60. The van der Waals surface area contributed by atoms with Gasteiger partial charge in [-0.3, -0.25) is 5.10 Å². The van der Waals surface area contributed by atoms with E-state index in [4.69, 9.17) is 5.26 Å². The molecule has 2 rings (SSSR count). The summed E-state index contributed by atoms with van der Waals surface area (Å²) in [5.74, 6) is 0. The standard InChI is InChI=1S/C11H10N4/c12-5-9-2-1-3-11(4-9)13-6-10-7-14-15-8-10/h1-4,7-8,13H,6H2,(H,14,15). The van der Waals surface area contributed by atoms with E-state index in [9.17, 15) is 0 Å². The molecular formula is C11H10N4. The Morgan fingerprint density at radius 1 is 1.47 bits per heavy atom. The number of anilines is 1. The normalized spacial score (nSPS) is 9.53. The van der Waals surface area contributed by atoms with E-state index >= 15 is 0 Å². The Hall–Kier alpha value is -2.28. The second kappa shape index (κ2) is 4.29. The maximum atomic E-state index is 8.72. The predicted octanol–water partition coefficient (Wildman–Crippen LogP) is 1.89. The Balaban J connectivity index is 2.02. The van der Waals surface area contributed by atoms with Crippen LogP contribution >= 0.6 is 0 Å². The van der Waals surface area contributed by atoms with Crippen molar-refractivity contribution >= 4 is 5.69 Å². The molecule has 4 nitrogen and oxygen atoms in total. The summed E-state index contributed by atoms with van der Waals surface area (Å²) in [6.07, 6.45) is 3.60. The molecule has 15 heavy (non-hydrogen) atoms. The Morgan fingerprint density at radius 2 is 2.40 bits per heavy atom. The molecule has 0 unspecified atom stereocenters. The van der Waals surface area contributed by atoms with Crippen LogP contribution in [0.25, 0.3) is 0 Å². The van der Waals surface area contributed by atoms with E-state index < -0.39 is 0 Å². The molecule has 0 spiro atoms. The highest BCUT2D eigenvalue weighted by atomic mass is 15.1. The van der Waals surface area contributed by atoms with Crippen molar-refractivity contribution in [3.05, 3.63) is 47.8 Å². The third kappa shape index (κ3) is 2.35. The molecule has 1 heterocycles. The number of hydrogen-bond acceptors (Lipinski definition) is 3. The number of nitrogens with zero attached hydrogens (tertiary/aromatic N) is 2. The van der Waals surface area contributed by atoms with Crippen molar-refractivity contribution in [2.24, 2.45) is 0 Å². The van der Waals surface area contributed by atoms with Crippen LogP contribution in [-0.4, -0.2) is 10.2 Å². The predicted molar refractivity (Wildman–Crippen MR) is 57.1 cm³/mol. The molecule has 0 bridgehead atoms. The summed E-state index contributed by atoms with van der Waals surface area (Å²) >= 11 is 0. The zero-order chi connectivity index (χ0) is 10.5. The van der Waals surface area contributed by atoms with Gasteiger partial charge in [0.15, 0.2) is 0 Å². The fourth-order valence-electron chi connectivity index (χ4n) is 1.28. The van der Waals surface area contributed by atoms with Gasteiger partial charge in [0.25, 0.3) is 0 Å². The second-order valence-corrected chi connectivity index (χ2v) is 3.15.